The minimum Gasteiger partial charge on any atom is -0.789 e. The zero-order valence-corrected chi connectivity index (χ0v) is 86.4. The van der Waals surface area contributed by atoms with Gasteiger partial charge in [0.15, 0.2) is 0 Å². The molecule has 692 valence electrons. The fourth-order valence-electron chi connectivity index (χ4n) is 13.8. The molecule has 117 heavy (non-hydrogen) atoms. The standard InChI is InChI=1S/4C25H48O2S.2CH4.H2S.2Sn/c4*1-2-3-4-5-6-7-8-9-10-11-12-13-14-15-16-17-18-19-20-21-22-25(26)27-23-24-28;;;;;/h4*15-16,28H,2-14,17-24H2,1H3;2*1H4;1H2;;/q;;;;;;;2*+2/p-4/b4*16-15+;;;;;. The number of allylic oxidation sites excluding steroid dienone is 8. The summed E-state index contributed by atoms with van der Waals surface area (Å²) in [4.78, 5) is 45.3. The molecule has 0 aromatic rings. The van der Waals surface area contributed by atoms with Crippen LogP contribution in [-0.4, -0.2) is 121 Å². The quantitative estimate of drug-likeness (QED) is 0.0145. The van der Waals surface area contributed by atoms with E-state index >= 15 is 0 Å². The van der Waals surface area contributed by atoms with Gasteiger partial charge in [0.1, 0.15) is 0 Å². The van der Waals surface area contributed by atoms with Crippen molar-refractivity contribution in [1.29, 1.82) is 0 Å². The Balaban J connectivity index is -0.000000187. The summed E-state index contributed by atoms with van der Waals surface area (Å²) in [6, 6.07) is 0. The molecular weight excluding hydrogens is 1750 g/mol. The van der Waals surface area contributed by atoms with Crippen molar-refractivity contribution in [2.45, 2.75) is 531 Å². The van der Waals surface area contributed by atoms with E-state index in [0.29, 0.717) is 75.1 Å². The average molecular weight is 1950 g/mol. The second-order valence-electron chi connectivity index (χ2n) is 32.1. The van der Waals surface area contributed by atoms with E-state index in [9.17, 15) is 19.2 Å². The Bertz CT molecular complexity index is 1650. The van der Waals surface area contributed by atoms with Crippen LogP contribution in [0.3, 0.4) is 0 Å². The van der Waals surface area contributed by atoms with Gasteiger partial charge in [-0.15, -0.1) is 23.0 Å². The number of carbonyl (C=O) groups excluding carboxylic acids is 4. The first-order valence-corrected chi connectivity index (χ1v) is 51.1. The molecule has 8 nitrogen and oxygen atoms in total. The van der Waals surface area contributed by atoms with Gasteiger partial charge in [-0.3, -0.25) is 19.2 Å². The number of rotatable bonds is 88. The molecule has 0 bridgehead atoms. The van der Waals surface area contributed by atoms with Crippen molar-refractivity contribution >= 4 is 136 Å². The van der Waals surface area contributed by atoms with E-state index in [4.69, 9.17) is 69.5 Å². The zero-order valence-electron chi connectivity index (χ0n) is 76.4. The summed E-state index contributed by atoms with van der Waals surface area (Å²) in [6.07, 6.45) is 117. The summed E-state index contributed by atoms with van der Waals surface area (Å²) in [5, 5.41) is 0. The fourth-order valence-corrected chi connectivity index (χ4v) is 14.1. The maximum Gasteiger partial charge on any atom is 2.00 e. The van der Waals surface area contributed by atoms with Crippen molar-refractivity contribution in [3.05, 3.63) is 48.6 Å². The van der Waals surface area contributed by atoms with Crippen LogP contribution in [0, 0.1) is 0 Å². The number of hydrogen-bond acceptors (Lipinski definition) is 12. The molecule has 0 aromatic heterocycles. The minimum atomic E-state index is -0.0906. The Labute approximate surface area is 795 Å². The van der Waals surface area contributed by atoms with Gasteiger partial charge in [-0.2, -0.15) is 13.5 Å². The minimum absolute atomic E-state index is 0. The second kappa shape index (κ2) is 132. The molecule has 0 fully saturated rings. The summed E-state index contributed by atoms with van der Waals surface area (Å²) in [6.45, 7) is 10.7. The molecule has 0 N–H and O–H groups in total. The molecule has 0 aromatic carbocycles. The predicted octanol–water partition coefficient (Wildman–Crippen LogP) is 32.9. The van der Waals surface area contributed by atoms with Gasteiger partial charge in [0.05, 0.1) is 26.4 Å². The van der Waals surface area contributed by atoms with Gasteiger partial charge in [-0.1, -0.05) is 425 Å². The average Bonchev–Trinajstić information content (AvgIpc) is 1.08. The van der Waals surface area contributed by atoms with E-state index in [1.165, 1.54) is 411 Å². The first-order valence-electron chi connectivity index (χ1n) is 48.8. The maximum atomic E-state index is 11.3. The van der Waals surface area contributed by atoms with Gasteiger partial charge in [0.25, 0.3) is 0 Å². The van der Waals surface area contributed by atoms with Gasteiger partial charge < -0.3 is 69.5 Å². The second-order valence-corrected chi connectivity index (χ2v) is 33.7. The maximum absolute atomic E-state index is 11.3. The number of carbonyl (C=O) groups is 4. The van der Waals surface area contributed by atoms with E-state index < -0.39 is 0 Å². The Morgan fingerprint density at radius 1 is 0.188 bits per heavy atom. The van der Waals surface area contributed by atoms with Crippen LogP contribution in [0.15, 0.2) is 48.6 Å². The molecule has 0 aliphatic heterocycles. The summed E-state index contributed by atoms with van der Waals surface area (Å²) < 4.78 is 19.9. The van der Waals surface area contributed by atoms with Crippen LogP contribution in [0.4, 0.5) is 0 Å². The van der Waals surface area contributed by atoms with Crippen LogP contribution in [0.25, 0.3) is 0 Å². The largest absolute Gasteiger partial charge is 2.00 e. The van der Waals surface area contributed by atoms with Gasteiger partial charge in [0, 0.05) is 25.7 Å². The molecule has 0 heterocycles. The van der Waals surface area contributed by atoms with Crippen LogP contribution < -0.4 is 0 Å². The van der Waals surface area contributed by atoms with E-state index in [-0.39, 0.29) is 100 Å². The SMILES string of the molecule is C.C.CCCCCCCCCCCCCC/C=C/CCCCCCC(=O)OCC[S-].CCCCCCCCCCCCCC/C=C/CCCCCCC(=O)OCC[S-].CCCCCCCCCCCCCC/C=C/CCCCCCC(=O)OCC[S-].CCCCCCCCCCCCCC/C=C/CCCCCCC(=O)OCC[S-].S.[Sn+2].[Sn+2]. The van der Waals surface area contributed by atoms with Crippen molar-refractivity contribution < 1.29 is 38.1 Å². The van der Waals surface area contributed by atoms with E-state index in [1.807, 2.05) is 0 Å². The molecule has 0 unspecified atom stereocenters. The first-order chi connectivity index (χ1) is 55.2. The number of esters is 4. The van der Waals surface area contributed by atoms with Crippen molar-refractivity contribution in [1.82, 2.24) is 0 Å². The molecular formula is C102H198O8S5Sn2. The van der Waals surface area contributed by atoms with Crippen molar-refractivity contribution in [2.24, 2.45) is 0 Å². The summed E-state index contributed by atoms with van der Waals surface area (Å²) in [5.74, 6) is 1.63. The van der Waals surface area contributed by atoms with Crippen LogP contribution in [-0.2, 0) is 88.6 Å². The van der Waals surface area contributed by atoms with Crippen LogP contribution in [0.2, 0.25) is 0 Å². The van der Waals surface area contributed by atoms with Gasteiger partial charge >= 0.3 is 71.7 Å². The van der Waals surface area contributed by atoms with Gasteiger partial charge in [-0.05, 0) is 128 Å². The molecule has 0 rings (SSSR count). The molecule has 0 spiro atoms. The topological polar surface area (TPSA) is 105 Å². The Kier molecular flexibility index (Phi) is 152. The third-order valence-electron chi connectivity index (χ3n) is 21.0. The summed E-state index contributed by atoms with van der Waals surface area (Å²) >= 11 is 19.0. The molecule has 4 radical (unpaired) electrons. The number of unbranched alkanes of at least 4 members (excludes halogenated alkanes) is 64. The Hall–Kier alpha value is 0.187. The molecule has 0 saturated heterocycles. The van der Waals surface area contributed by atoms with E-state index in [2.05, 4.69) is 76.3 Å². The molecule has 0 aliphatic carbocycles. The molecule has 15 heteroatoms. The monoisotopic (exact) mass is 1950 g/mol. The molecule has 0 amide bonds. The summed E-state index contributed by atoms with van der Waals surface area (Å²) in [7, 11) is 0. The smallest absolute Gasteiger partial charge is 0.789 e. The third kappa shape index (κ3) is 140. The molecule has 0 aliphatic rings. The zero-order chi connectivity index (χ0) is 82.2. The Morgan fingerprint density at radius 3 is 0.402 bits per heavy atom. The normalized spacial score (nSPS) is 10.9. The van der Waals surface area contributed by atoms with E-state index in [0.717, 1.165) is 51.4 Å². The van der Waals surface area contributed by atoms with Gasteiger partial charge in [-0.25, -0.2) is 0 Å². The van der Waals surface area contributed by atoms with E-state index in [1.54, 1.807) is 0 Å². The Morgan fingerprint density at radius 2 is 0.291 bits per heavy atom. The fraction of sp³-hybridized carbons (Fsp3) is 0.882. The summed E-state index contributed by atoms with van der Waals surface area (Å²) in [5.41, 5.74) is 0. The number of ether oxygens (including phenoxy) is 4. The van der Waals surface area contributed by atoms with Gasteiger partial charge in [0.2, 0.25) is 0 Å². The number of hydrogen-bond donors (Lipinski definition) is 0. The van der Waals surface area contributed by atoms with Crippen LogP contribution in [0.5, 0.6) is 0 Å². The van der Waals surface area contributed by atoms with Crippen LogP contribution in [0.1, 0.15) is 531 Å². The molecule has 0 atom stereocenters. The molecule has 0 saturated carbocycles. The predicted molar refractivity (Wildman–Crippen MR) is 538 cm³/mol. The third-order valence-corrected chi connectivity index (χ3v) is 21.6. The van der Waals surface area contributed by atoms with Crippen molar-refractivity contribution in [3.63, 3.8) is 0 Å². The first kappa shape index (κ1) is 135. The van der Waals surface area contributed by atoms with Crippen LogP contribution >= 0.6 is 13.5 Å². The van der Waals surface area contributed by atoms with Crippen molar-refractivity contribution in [3.8, 4) is 0 Å². The van der Waals surface area contributed by atoms with Crippen molar-refractivity contribution in [2.75, 3.05) is 49.4 Å².